The molecule has 2 aliphatic carbocycles. The lowest BCUT2D eigenvalue weighted by molar-refractivity contribution is -0.178. The summed E-state index contributed by atoms with van der Waals surface area (Å²) in [5.74, 6) is -4.06. The summed E-state index contributed by atoms with van der Waals surface area (Å²) < 4.78 is 11.5. The normalized spacial score (nSPS) is 24.5. The topological polar surface area (TPSA) is 124 Å². The number of hydrogen-bond donors (Lipinski definition) is 1. The molecule has 2 saturated carbocycles. The summed E-state index contributed by atoms with van der Waals surface area (Å²) in [5, 5.41) is 12.3. The van der Waals surface area contributed by atoms with E-state index in [1.165, 1.54) is 18.2 Å². The van der Waals surface area contributed by atoms with Gasteiger partial charge in [-0.3, -0.25) is 24.0 Å². The first-order valence-electron chi connectivity index (χ1n) is 19.9. The van der Waals surface area contributed by atoms with Crippen LogP contribution in [0.4, 0.5) is 0 Å². The van der Waals surface area contributed by atoms with Crippen LogP contribution in [-0.4, -0.2) is 34.4 Å². The molecular weight excluding hydrogens is 705 g/mol. The van der Waals surface area contributed by atoms with Crippen LogP contribution in [-0.2, 0) is 24.0 Å². The molecule has 0 amide bonds. The van der Waals surface area contributed by atoms with Crippen LogP contribution in [0.15, 0.2) is 70.4 Å². The molecule has 306 valence electrons. The average Bonchev–Trinajstić information content (AvgIpc) is 3.06. The highest BCUT2D eigenvalue weighted by atomic mass is 16.6. The molecule has 2 fully saturated rings. The van der Waals surface area contributed by atoms with Gasteiger partial charge in [0, 0.05) is 5.56 Å². The Morgan fingerprint density at radius 3 is 1.73 bits per heavy atom. The van der Waals surface area contributed by atoms with Crippen LogP contribution in [0.3, 0.4) is 0 Å². The number of ether oxygens (including phenoxy) is 2. The highest BCUT2D eigenvalue weighted by Gasteiger charge is 2.74. The molecule has 8 heteroatoms. The predicted molar refractivity (Wildman–Crippen MR) is 223 cm³/mol. The first-order valence-corrected chi connectivity index (χ1v) is 19.9. The zero-order valence-electron chi connectivity index (χ0n) is 36.7. The van der Waals surface area contributed by atoms with E-state index in [0.717, 1.165) is 22.3 Å². The molecule has 0 aliphatic heterocycles. The van der Waals surface area contributed by atoms with Crippen LogP contribution in [0.25, 0.3) is 5.76 Å². The number of fused-ring (bicyclic) bond motifs is 2. The third-order valence-electron chi connectivity index (χ3n) is 11.4. The van der Waals surface area contributed by atoms with E-state index in [9.17, 15) is 14.7 Å². The van der Waals surface area contributed by atoms with E-state index in [2.05, 4.69) is 12.2 Å². The van der Waals surface area contributed by atoms with Crippen LogP contribution < -0.4 is 9.47 Å². The molecule has 0 spiro atoms. The maximum atomic E-state index is 15.6. The van der Waals surface area contributed by atoms with E-state index in [4.69, 9.17) is 9.47 Å². The number of allylic oxidation sites excluding steroid dienone is 9. The number of hydrogen-bond acceptors (Lipinski definition) is 8. The molecule has 3 rings (SSSR count). The van der Waals surface area contributed by atoms with Crippen LogP contribution in [0, 0.1) is 33.0 Å². The van der Waals surface area contributed by atoms with Gasteiger partial charge < -0.3 is 14.6 Å². The monoisotopic (exact) mass is 770 g/mol. The largest absolute Gasteiger partial charge is 0.506 e. The summed E-state index contributed by atoms with van der Waals surface area (Å²) in [6.45, 7) is 27.8. The van der Waals surface area contributed by atoms with Gasteiger partial charge in [0.25, 0.3) is 0 Å². The lowest BCUT2D eigenvalue weighted by atomic mass is 9.37. The molecule has 0 aromatic heterocycles. The molecule has 1 aromatic rings. The molecule has 1 aromatic carbocycles. The number of benzene rings is 1. The molecule has 0 radical (unpaired) electrons. The van der Waals surface area contributed by atoms with Crippen molar-refractivity contribution in [2.75, 3.05) is 0 Å². The van der Waals surface area contributed by atoms with Gasteiger partial charge in [-0.25, -0.2) is 0 Å². The van der Waals surface area contributed by atoms with E-state index in [0.29, 0.717) is 19.3 Å². The van der Waals surface area contributed by atoms with Crippen LogP contribution in [0.1, 0.15) is 148 Å². The Balaban J connectivity index is 2.52. The Labute approximate surface area is 335 Å². The van der Waals surface area contributed by atoms with E-state index in [1.807, 2.05) is 74.5 Å². The first-order chi connectivity index (χ1) is 25.6. The quantitative estimate of drug-likeness (QED) is 0.0424. The van der Waals surface area contributed by atoms with Crippen molar-refractivity contribution in [2.45, 2.75) is 142 Å². The van der Waals surface area contributed by atoms with Crippen molar-refractivity contribution in [1.82, 2.24) is 0 Å². The van der Waals surface area contributed by atoms with Gasteiger partial charge in [-0.2, -0.15) is 0 Å². The predicted octanol–water partition coefficient (Wildman–Crippen LogP) is 11.4. The Kier molecular flexibility index (Phi) is 14.0. The van der Waals surface area contributed by atoms with Crippen molar-refractivity contribution in [3.63, 3.8) is 0 Å². The van der Waals surface area contributed by atoms with Gasteiger partial charge in [0.2, 0.25) is 0 Å². The molecule has 0 saturated heterocycles. The molecule has 1 N–H and O–H groups in total. The lowest BCUT2D eigenvalue weighted by Gasteiger charge is -2.61. The SMILES string of the molecule is CC(C)=CCC[C@]1(C)[C@@H](CC=C(C)C)C[C@@]2(CC=C(C)C)C(=O)C(=C(O)c3ccc(OC(=O)C(C)(C)C)c(OC(=O)C(C)(C)C)c3)C(=O)[C@]1(CC=C(C)C)C2=O. The number of ketones is 3. The fraction of sp³-hybridized carbons (Fsp3) is 0.562. The van der Waals surface area contributed by atoms with E-state index in [1.54, 1.807) is 41.5 Å². The standard InChI is InChI=1S/C48H66O8/c1-29(2)17-16-24-46(15)34(20-18-30(3)4)28-47(25-22-31(5)6)39(50)37(40(51)48(46,41(47)52)26-23-32(7)8)38(49)33-19-21-35(55-42(53)44(9,10)11)36(27-33)56-43(54)45(12,13)14/h17-19,21-23,27,34,49H,16,20,24-26,28H2,1-15H3/t34-,46+,47-,48+/m0/s1. The van der Waals surface area contributed by atoms with Crippen molar-refractivity contribution in [3.05, 3.63) is 75.9 Å². The summed E-state index contributed by atoms with van der Waals surface area (Å²) in [7, 11) is 0. The average molecular weight is 771 g/mol. The molecule has 56 heavy (non-hydrogen) atoms. The number of rotatable bonds is 12. The van der Waals surface area contributed by atoms with Crippen molar-refractivity contribution in [1.29, 1.82) is 0 Å². The maximum Gasteiger partial charge on any atom is 0.316 e. The number of aliphatic hydroxyl groups is 1. The van der Waals surface area contributed by atoms with Crippen LogP contribution in [0.5, 0.6) is 11.5 Å². The molecule has 2 aliphatic rings. The van der Waals surface area contributed by atoms with Gasteiger partial charge >= 0.3 is 11.9 Å². The highest BCUT2D eigenvalue weighted by Crippen LogP contribution is 2.67. The Bertz CT molecular complexity index is 1900. The smallest absolute Gasteiger partial charge is 0.316 e. The fourth-order valence-electron chi connectivity index (χ4n) is 7.78. The Hall–Kier alpha value is -4.33. The molecule has 8 nitrogen and oxygen atoms in total. The van der Waals surface area contributed by atoms with Crippen LogP contribution in [0.2, 0.25) is 0 Å². The molecule has 0 unspecified atom stereocenters. The second-order valence-electron chi connectivity index (χ2n) is 19.3. The minimum absolute atomic E-state index is 0.00320. The summed E-state index contributed by atoms with van der Waals surface area (Å²) in [4.78, 5) is 72.5. The summed E-state index contributed by atoms with van der Waals surface area (Å²) in [5.41, 5.74) is -2.42. The van der Waals surface area contributed by atoms with E-state index < -0.39 is 61.9 Å². The zero-order chi connectivity index (χ0) is 42.8. The molecule has 0 heterocycles. The second kappa shape index (κ2) is 17.0. The number of esters is 2. The van der Waals surface area contributed by atoms with Gasteiger partial charge in [-0.15, -0.1) is 0 Å². The van der Waals surface area contributed by atoms with E-state index in [-0.39, 0.29) is 48.0 Å². The number of carbonyl (C=O) groups is 5. The number of Topliss-reactive ketones (excluding diaryl/α,β-unsaturated/α-hetero) is 3. The van der Waals surface area contributed by atoms with Crippen molar-refractivity contribution in [2.24, 2.45) is 33.0 Å². The van der Waals surface area contributed by atoms with Crippen LogP contribution >= 0.6 is 0 Å². The van der Waals surface area contributed by atoms with Gasteiger partial charge in [-0.05, 0) is 165 Å². The Morgan fingerprint density at radius 1 is 0.732 bits per heavy atom. The number of aliphatic hydroxyl groups excluding tert-OH is 1. The molecular formula is C48H66O8. The molecule has 2 bridgehead atoms. The van der Waals surface area contributed by atoms with Gasteiger partial charge in [-0.1, -0.05) is 53.5 Å². The summed E-state index contributed by atoms with van der Waals surface area (Å²) >= 11 is 0. The van der Waals surface area contributed by atoms with E-state index >= 15 is 14.4 Å². The first kappa shape index (κ1) is 46.1. The lowest BCUT2D eigenvalue weighted by Crippen LogP contribution is -2.70. The van der Waals surface area contributed by atoms with Gasteiger partial charge in [0.15, 0.2) is 28.8 Å². The minimum atomic E-state index is -1.69. The summed E-state index contributed by atoms with van der Waals surface area (Å²) in [6, 6.07) is 4.11. The van der Waals surface area contributed by atoms with Crippen molar-refractivity contribution >= 4 is 35.0 Å². The third kappa shape index (κ3) is 9.27. The summed E-state index contributed by atoms with van der Waals surface area (Å²) in [6.07, 6.45) is 10.1. The van der Waals surface area contributed by atoms with Crippen molar-refractivity contribution < 1.29 is 38.6 Å². The molecule has 4 atom stereocenters. The van der Waals surface area contributed by atoms with Crippen molar-refractivity contribution in [3.8, 4) is 11.5 Å². The zero-order valence-corrected chi connectivity index (χ0v) is 36.7. The maximum absolute atomic E-state index is 15.6. The number of carbonyl (C=O) groups excluding carboxylic acids is 5. The Morgan fingerprint density at radius 2 is 1.23 bits per heavy atom. The minimum Gasteiger partial charge on any atom is -0.506 e. The third-order valence-corrected chi connectivity index (χ3v) is 11.4. The van der Waals surface area contributed by atoms with Gasteiger partial charge in [0.1, 0.15) is 16.7 Å². The highest BCUT2D eigenvalue weighted by molar-refractivity contribution is 6.41. The fourth-order valence-corrected chi connectivity index (χ4v) is 7.78. The second-order valence-corrected chi connectivity index (χ2v) is 19.3. The van der Waals surface area contributed by atoms with Gasteiger partial charge in [0.05, 0.1) is 16.2 Å².